The van der Waals surface area contributed by atoms with E-state index >= 15 is 0 Å². The molecule has 2 amide bonds. The van der Waals surface area contributed by atoms with E-state index in [9.17, 15) is 27.9 Å². The number of hydrogen-bond acceptors (Lipinski definition) is 3. The second-order valence-electron chi connectivity index (χ2n) is 4.41. The number of nitrogens with one attached hydrogen (secondary N) is 2. The summed E-state index contributed by atoms with van der Waals surface area (Å²) in [7, 11) is 0. The molecule has 1 atom stereocenters. The fourth-order valence-electron chi connectivity index (χ4n) is 1.54. The minimum Gasteiger partial charge on any atom is -0.387 e. The molecule has 0 aliphatic heterocycles. The highest BCUT2D eigenvalue weighted by Crippen LogP contribution is 2.21. The summed E-state index contributed by atoms with van der Waals surface area (Å²) in [5, 5.41) is 14.0. The molecule has 0 aliphatic rings. The van der Waals surface area contributed by atoms with Crippen molar-refractivity contribution in [3.63, 3.8) is 0 Å². The molecule has 1 aromatic carbocycles. The van der Waals surface area contributed by atoms with E-state index in [1.807, 2.05) is 0 Å². The van der Waals surface area contributed by atoms with Crippen molar-refractivity contribution in [1.29, 1.82) is 0 Å². The Balaban J connectivity index is 2.37. The summed E-state index contributed by atoms with van der Waals surface area (Å²) < 4.78 is 35.6. The normalized spacial score (nSPS) is 12.6. The zero-order valence-electron chi connectivity index (χ0n) is 11.3. The Bertz CT molecular complexity index is 538. The molecule has 1 unspecified atom stereocenters. The SMILES string of the molecule is O=C(CC(=O)NCC(F)(F)F)NCC(O)c1ccccc1Cl. The van der Waals surface area contributed by atoms with Crippen molar-refractivity contribution < 1.29 is 27.9 Å². The molecule has 22 heavy (non-hydrogen) atoms. The van der Waals surface area contributed by atoms with E-state index in [2.05, 4.69) is 5.32 Å². The van der Waals surface area contributed by atoms with E-state index in [1.54, 1.807) is 29.6 Å². The maximum absolute atomic E-state index is 11.9. The maximum atomic E-state index is 11.9. The van der Waals surface area contributed by atoms with Gasteiger partial charge in [0.15, 0.2) is 0 Å². The van der Waals surface area contributed by atoms with Crippen LogP contribution in [0, 0.1) is 0 Å². The topological polar surface area (TPSA) is 78.4 Å². The Kier molecular flexibility index (Phi) is 6.63. The van der Waals surface area contributed by atoms with E-state index < -0.39 is 37.1 Å². The van der Waals surface area contributed by atoms with Crippen molar-refractivity contribution in [3.8, 4) is 0 Å². The zero-order valence-corrected chi connectivity index (χ0v) is 12.0. The van der Waals surface area contributed by atoms with Crippen molar-refractivity contribution in [3.05, 3.63) is 34.9 Å². The number of aliphatic hydroxyl groups is 1. The number of amides is 2. The molecule has 1 aromatic rings. The van der Waals surface area contributed by atoms with Crippen LogP contribution in [0.25, 0.3) is 0 Å². The highest BCUT2D eigenvalue weighted by Gasteiger charge is 2.28. The van der Waals surface area contributed by atoms with Gasteiger partial charge in [0.25, 0.3) is 0 Å². The summed E-state index contributed by atoms with van der Waals surface area (Å²) in [6.07, 6.45) is -6.38. The van der Waals surface area contributed by atoms with Crippen LogP contribution in [0.1, 0.15) is 18.1 Å². The van der Waals surface area contributed by atoms with Crippen LogP contribution in [0.15, 0.2) is 24.3 Å². The number of benzene rings is 1. The number of carbonyl (C=O) groups is 2. The summed E-state index contributed by atoms with van der Waals surface area (Å²) in [5.74, 6) is -1.85. The molecule has 1 rings (SSSR count). The van der Waals surface area contributed by atoms with Gasteiger partial charge in [0, 0.05) is 17.1 Å². The Morgan fingerprint density at radius 1 is 1.18 bits per heavy atom. The van der Waals surface area contributed by atoms with E-state index in [0.717, 1.165) is 0 Å². The third-order valence-electron chi connectivity index (χ3n) is 2.56. The van der Waals surface area contributed by atoms with Gasteiger partial charge in [-0.15, -0.1) is 0 Å². The monoisotopic (exact) mass is 338 g/mol. The summed E-state index contributed by atoms with van der Waals surface area (Å²) in [6, 6.07) is 6.45. The number of halogens is 4. The van der Waals surface area contributed by atoms with Gasteiger partial charge in [0.2, 0.25) is 11.8 Å². The first-order valence-corrected chi connectivity index (χ1v) is 6.59. The molecule has 0 bridgehead atoms. The quantitative estimate of drug-likeness (QED) is 0.689. The minimum absolute atomic E-state index is 0.213. The van der Waals surface area contributed by atoms with E-state index in [-0.39, 0.29) is 6.54 Å². The molecule has 0 fully saturated rings. The molecule has 122 valence electrons. The molecular weight excluding hydrogens is 325 g/mol. The summed E-state index contributed by atoms with van der Waals surface area (Å²) in [6.45, 7) is -1.71. The molecule has 3 N–H and O–H groups in total. The van der Waals surface area contributed by atoms with Crippen molar-refractivity contribution >= 4 is 23.4 Å². The van der Waals surface area contributed by atoms with Gasteiger partial charge < -0.3 is 15.7 Å². The lowest BCUT2D eigenvalue weighted by Crippen LogP contribution is -2.37. The molecule has 0 spiro atoms. The van der Waals surface area contributed by atoms with Crippen molar-refractivity contribution in [2.45, 2.75) is 18.7 Å². The van der Waals surface area contributed by atoms with Crippen molar-refractivity contribution in [1.82, 2.24) is 10.6 Å². The number of aliphatic hydroxyl groups excluding tert-OH is 1. The van der Waals surface area contributed by atoms with Crippen LogP contribution in [-0.2, 0) is 9.59 Å². The van der Waals surface area contributed by atoms with Gasteiger partial charge in [-0.2, -0.15) is 13.2 Å². The minimum atomic E-state index is -4.54. The second kappa shape index (κ2) is 8.00. The molecule has 0 aromatic heterocycles. The maximum Gasteiger partial charge on any atom is 0.405 e. The Hall–Kier alpha value is -1.80. The lowest BCUT2D eigenvalue weighted by Gasteiger charge is -2.13. The first-order valence-electron chi connectivity index (χ1n) is 6.21. The number of rotatable bonds is 6. The summed E-state index contributed by atoms with van der Waals surface area (Å²) >= 11 is 5.86. The van der Waals surface area contributed by atoms with Crippen molar-refractivity contribution in [2.24, 2.45) is 0 Å². The highest BCUT2D eigenvalue weighted by atomic mass is 35.5. The molecular formula is C13H14ClF3N2O3. The Morgan fingerprint density at radius 2 is 1.77 bits per heavy atom. The number of hydrogen-bond donors (Lipinski definition) is 3. The second-order valence-corrected chi connectivity index (χ2v) is 4.82. The number of carbonyl (C=O) groups excluding carboxylic acids is 2. The van der Waals surface area contributed by atoms with Crippen LogP contribution in [0.3, 0.4) is 0 Å². The molecule has 0 saturated carbocycles. The fraction of sp³-hybridized carbons (Fsp3) is 0.385. The lowest BCUT2D eigenvalue weighted by atomic mass is 10.1. The molecule has 0 aliphatic carbocycles. The summed E-state index contributed by atoms with van der Waals surface area (Å²) in [5.41, 5.74) is 0.394. The molecule has 0 radical (unpaired) electrons. The fourth-order valence-corrected chi connectivity index (χ4v) is 1.80. The first kappa shape index (κ1) is 18.2. The van der Waals surface area contributed by atoms with Crippen LogP contribution in [0.2, 0.25) is 5.02 Å². The third kappa shape index (κ3) is 6.77. The van der Waals surface area contributed by atoms with E-state index in [4.69, 9.17) is 11.6 Å². The summed E-state index contributed by atoms with van der Waals surface area (Å²) in [4.78, 5) is 22.5. The third-order valence-corrected chi connectivity index (χ3v) is 2.91. The van der Waals surface area contributed by atoms with E-state index in [1.165, 1.54) is 0 Å². The van der Waals surface area contributed by atoms with Crippen LogP contribution >= 0.6 is 11.6 Å². The van der Waals surface area contributed by atoms with Crippen LogP contribution in [0.5, 0.6) is 0 Å². The van der Waals surface area contributed by atoms with E-state index in [0.29, 0.717) is 10.6 Å². The number of alkyl halides is 3. The average Bonchev–Trinajstić information content (AvgIpc) is 2.42. The predicted molar refractivity (Wildman–Crippen MR) is 73.1 cm³/mol. The Labute approximate surface area is 129 Å². The van der Waals surface area contributed by atoms with Gasteiger partial charge in [-0.1, -0.05) is 29.8 Å². The smallest absolute Gasteiger partial charge is 0.387 e. The van der Waals surface area contributed by atoms with Crippen LogP contribution in [-0.4, -0.2) is 36.2 Å². The van der Waals surface area contributed by atoms with Gasteiger partial charge in [0.1, 0.15) is 13.0 Å². The van der Waals surface area contributed by atoms with Gasteiger partial charge in [-0.05, 0) is 6.07 Å². The predicted octanol–water partition coefficient (Wildman–Crippen LogP) is 1.56. The van der Waals surface area contributed by atoms with Crippen LogP contribution in [0.4, 0.5) is 13.2 Å². The standard InChI is InChI=1S/C13H14ClF3N2O3/c14-9-4-2-1-3-8(9)10(20)6-18-11(21)5-12(22)19-7-13(15,16)17/h1-4,10,20H,5-7H2,(H,18,21)(H,19,22). The lowest BCUT2D eigenvalue weighted by molar-refractivity contribution is -0.140. The van der Waals surface area contributed by atoms with Crippen molar-refractivity contribution in [2.75, 3.05) is 13.1 Å². The first-order chi connectivity index (χ1) is 10.2. The van der Waals surface area contributed by atoms with Crippen LogP contribution < -0.4 is 10.6 Å². The van der Waals surface area contributed by atoms with Gasteiger partial charge in [-0.25, -0.2) is 0 Å². The van der Waals surface area contributed by atoms with Gasteiger partial charge in [0.05, 0.1) is 6.10 Å². The molecule has 9 heteroatoms. The zero-order chi connectivity index (χ0) is 16.8. The molecule has 5 nitrogen and oxygen atoms in total. The largest absolute Gasteiger partial charge is 0.405 e. The average molecular weight is 339 g/mol. The highest BCUT2D eigenvalue weighted by molar-refractivity contribution is 6.31. The Morgan fingerprint density at radius 3 is 2.36 bits per heavy atom. The van der Waals surface area contributed by atoms with Gasteiger partial charge in [-0.3, -0.25) is 9.59 Å². The molecule has 0 saturated heterocycles. The van der Waals surface area contributed by atoms with Gasteiger partial charge >= 0.3 is 6.18 Å². The molecule has 0 heterocycles.